The number of phenols is 1. The van der Waals surface area contributed by atoms with Crippen molar-refractivity contribution in [2.45, 2.75) is 31.1 Å². The summed E-state index contributed by atoms with van der Waals surface area (Å²) in [6.45, 7) is 2.04. The van der Waals surface area contributed by atoms with Gasteiger partial charge in [-0.2, -0.15) is 0 Å². The maximum absolute atomic E-state index is 15.2. The molecule has 2 aliphatic carbocycles. The van der Waals surface area contributed by atoms with Crippen LogP contribution in [0.5, 0.6) is 11.5 Å². The van der Waals surface area contributed by atoms with Crippen molar-refractivity contribution in [3.63, 3.8) is 0 Å². The van der Waals surface area contributed by atoms with E-state index in [-0.39, 0.29) is 36.3 Å². The van der Waals surface area contributed by atoms with Crippen LogP contribution in [0.25, 0.3) is 0 Å². The lowest BCUT2D eigenvalue weighted by Gasteiger charge is -2.50. The number of likely N-dealkylation sites (tertiary alicyclic amines) is 1. The maximum atomic E-state index is 15.2. The number of phenolic OH excluding ortho intramolecular Hbond substituents is 1. The fraction of sp³-hybridized carbons (Fsp3) is 0.314. The summed E-state index contributed by atoms with van der Waals surface area (Å²) in [5, 5.41) is 12.1. The Kier molecular flexibility index (Phi) is 7.17. The first-order chi connectivity index (χ1) is 21.6. The third-order valence-electron chi connectivity index (χ3n) is 10.2. The summed E-state index contributed by atoms with van der Waals surface area (Å²) >= 11 is 9.91. The third kappa shape index (κ3) is 4.09. The van der Waals surface area contributed by atoms with Crippen molar-refractivity contribution < 1.29 is 29.0 Å². The predicted molar refractivity (Wildman–Crippen MR) is 171 cm³/mol. The second kappa shape index (κ2) is 10.8. The molecule has 7 rings (SSSR count). The lowest BCUT2D eigenvalue weighted by atomic mass is 9.49. The van der Waals surface area contributed by atoms with E-state index in [4.69, 9.17) is 16.3 Å². The fourth-order valence-electron chi connectivity index (χ4n) is 8.44. The van der Waals surface area contributed by atoms with E-state index in [0.29, 0.717) is 32.7 Å². The summed E-state index contributed by atoms with van der Waals surface area (Å²) in [4.78, 5) is 59.6. The van der Waals surface area contributed by atoms with Gasteiger partial charge in [0, 0.05) is 27.5 Å². The van der Waals surface area contributed by atoms with Crippen LogP contribution in [0.1, 0.15) is 36.8 Å². The number of rotatable bonds is 5. The van der Waals surface area contributed by atoms with Crippen molar-refractivity contribution in [1.29, 1.82) is 0 Å². The lowest BCUT2D eigenvalue weighted by Crippen LogP contribution is -2.53. The second-order valence-corrected chi connectivity index (χ2v) is 13.4. The zero-order valence-corrected chi connectivity index (χ0v) is 26.9. The molecule has 1 saturated carbocycles. The molecule has 3 aromatic rings. The fourth-order valence-corrected chi connectivity index (χ4v) is 9.07. The molecule has 4 aliphatic rings. The van der Waals surface area contributed by atoms with Crippen molar-refractivity contribution in [1.82, 2.24) is 4.90 Å². The lowest BCUT2D eigenvalue weighted by molar-refractivity contribution is -0.140. The number of benzene rings is 3. The predicted octanol–water partition coefficient (Wildman–Crippen LogP) is 6.00. The number of anilines is 1. The molecule has 6 atom stereocenters. The second-order valence-electron chi connectivity index (χ2n) is 12.1. The Morgan fingerprint density at radius 2 is 1.73 bits per heavy atom. The monoisotopic (exact) mass is 688 g/mol. The van der Waals surface area contributed by atoms with Crippen LogP contribution in [0.2, 0.25) is 5.02 Å². The van der Waals surface area contributed by atoms with Crippen LogP contribution in [0, 0.1) is 23.7 Å². The first-order valence-corrected chi connectivity index (χ1v) is 16.1. The highest BCUT2D eigenvalue weighted by Gasteiger charge is 2.70. The van der Waals surface area contributed by atoms with E-state index in [2.05, 4.69) is 15.9 Å². The van der Waals surface area contributed by atoms with Crippen molar-refractivity contribution in [2.24, 2.45) is 23.7 Å². The number of fused-ring (bicyclic) bond motifs is 4. The topological polar surface area (TPSA) is 104 Å². The Balaban J connectivity index is 1.54. The highest BCUT2D eigenvalue weighted by molar-refractivity contribution is 9.10. The Morgan fingerprint density at radius 3 is 2.42 bits per heavy atom. The molecule has 8 nitrogen and oxygen atoms in total. The number of allylic oxidation sites excluding steroid dienone is 2. The van der Waals surface area contributed by atoms with Crippen LogP contribution in [0.4, 0.5) is 5.69 Å². The molecule has 0 bridgehead atoms. The summed E-state index contributed by atoms with van der Waals surface area (Å²) in [6.07, 6.45) is 2.46. The minimum absolute atomic E-state index is 0.158. The largest absolute Gasteiger partial charge is 0.504 e. The van der Waals surface area contributed by atoms with Crippen LogP contribution in [-0.2, 0) is 24.6 Å². The van der Waals surface area contributed by atoms with Crippen molar-refractivity contribution in [3.8, 4) is 11.5 Å². The van der Waals surface area contributed by atoms with E-state index >= 15 is 4.79 Å². The number of amides is 4. The summed E-state index contributed by atoms with van der Waals surface area (Å²) in [7, 11) is 1.45. The molecule has 4 amide bonds. The summed E-state index contributed by atoms with van der Waals surface area (Å²) in [5.41, 5.74) is 0.625. The number of halogens is 2. The van der Waals surface area contributed by atoms with E-state index in [0.717, 1.165) is 5.57 Å². The SMILES string of the molecule is CCN1C(=O)[C@H]2[C@H](CC=C3[C@H]2C[C@H]2C(=O)N(c4cccc(Cl)c4)C(=O)[C@@]2(c2ccccc2)[C@H]3c2cc(Br)cc(OC)c2O)C1=O. The number of carbonyl (C=O) groups is 4. The Bertz CT molecular complexity index is 1810. The standard InChI is InChI=1S/C35H30BrClN2O6/c1-3-38-31(41)23-13-12-22-24(28(23)33(38)43)17-26-32(42)39(21-11-7-10-20(37)16-21)34(44)35(26,18-8-5-4-6-9-18)29(22)25-14-19(36)15-27(45-2)30(25)40/h4-12,14-16,23-24,26,28-29,40H,3,13,17H2,1-2H3/t23-,24+,26-,28-,29+,35+/m0/s1. The molecule has 0 spiro atoms. The van der Waals surface area contributed by atoms with Gasteiger partial charge >= 0.3 is 0 Å². The highest BCUT2D eigenvalue weighted by atomic mass is 79.9. The number of hydrogen-bond acceptors (Lipinski definition) is 6. The first-order valence-electron chi connectivity index (χ1n) is 15.0. The molecule has 10 heteroatoms. The number of aromatic hydroxyl groups is 1. The van der Waals surface area contributed by atoms with Gasteiger partial charge in [0.25, 0.3) is 0 Å². The van der Waals surface area contributed by atoms with Gasteiger partial charge in [-0.3, -0.25) is 24.1 Å². The molecule has 230 valence electrons. The van der Waals surface area contributed by atoms with Crippen molar-refractivity contribution in [3.05, 3.63) is 99.0 Å². The van der Waals surface area contributed by atoms with Gasteiger partial charge in [0.1, 0.15) is 0 Å². The minimum Gasteiger partial charge on any atom is -0.504 e. The van der Waals surface area contributed by atoms with Crippen LogP contribution >= 0.6 is 27.5 Å². The Morgan fingerprint density at radius 1 is 0.978 bits per heavy atom. The molecule has 0 radical (unpaired) electrons. The van der Waals surface area contributed by atoms with Gasteiger partial charge in [0.2, 0.25) is 23.6 Å². The van der Waals surface area contributed by atoms with Gasteiger partial charge in [-0.25, -0.2) is 4.90 Å². The summed E-state index contributed by atoms with van der Waals surface area (Å²) in [6, 6.07) is 19.2. The number of methoxy groups -OCH3 is 1. The quantitative estimate of drug-likeness (QED) is 0.261. The van der Waals surface area contributed by atoms with Gasteiger partial charge in [-0.1, -0.05) is 75.6 Å². The third-order valence-corrected chi connectivity index (χ3v) is 10.9. The van der Waals surface area contributed by atoms with E-state index in [1.54, 1.807) is 43.3 Å². The number of carbonyl (C=O) groups excluding carboxylic acids is 4. The zero-order valence-electron chi connectivity index (χ0n) is 24.6. The highest BCUT2D eigenvalue weighted by Crippen LogP contribution is 2.65. The summed E-state index contributed by atoms with van der Waals surface area (Å²) in [5.74, 6) is -4.79. The van der Waals surface area contributed by atoms with Crippen LogP contribution in [-0.4, -0.2) is 47.3 Å². The molecule has 2 aliphatic heterocycles. The molecule has 0 aromatic heterocycles. The van der Waals surface area contributed by atoms with E-state index in [9.17, 15) is 19.5 Å². The summed E-state index contributed by atoms with van der Waals surface area (Å²) < 4.78 is 6.15. The number of hydrogen-bond donors (Lipinski definition) is 1. The molecule has 1 N–H and O–H groups in total. The zero-order chi connectivity index (χ0) is 31.8. The average Bonchev–Trinajstić information content (AvgIpc) is 3.42. The molecular formula is C35H30BrClN2O6. The van der Waals surface area contributed by atoms with Gasteiger partial charge in [0.05, 0.1) is 36.0 Å². The first kappa shape index (κ1) is 29.7. The molecule has 2 saturated heterocycles. The Labute approximate surface area is 273 Å². The smallest absolute Gasteiger partial charge is 0.246 e. The molecular weight excluding hydrogens is 660 g/mol. The molecule has 3 fully saturated rings. The normalized spacial score (nSPS) is 29.0. The minimum atomic E-state index is -1.49. The number of ether oxygens (including phenoxy) is 1. The van der Waals surface area contributed by atoms with Crippen molar-refractivity contribution >= 4 is 56.8 Å². The van der Waals surface area contributed by atoms with E-state index in [1.807, 2.05) is 36.4 Å². The maximum Gasteiger partial charge on any atom is 0.246 e. The molecule has 0 unspecified atom stereocenters. The van der Waals surface area contributed by atoms with Crippen LogP contribution in [0.3, 0.4) is 0 Å². The van der Waals surface area contributed by atoms with Crippen molar-refractivity contribution in [2.75, 3.05) is 18.6 Å². The van der Waals surface area contributed by atoms with Crippen LogP contribution < -0.4 is 9.64 Å². The van der Waals surface area contributed by atoms with E-state index in [1.165, 1.54) is 16.9 Å². The van der Waals surface area contributed by atoms with Gasteiger partial charge in [-0.15, -0.1) is 0 Å². The molecule has 45 heavy (non-hydrogen) atoms. The Hall–Kier alpha value is -3.95. The molecule has 3 aromatic carbocycles. The van der Waals surface area contributed by atoms with Gasteiger partial charge in [-0.05, 0) is 61.6 Å². The van der Waals surface area contributed by atoms with E-state index < -0.39 is 46.8 Å². The average molecular weight is 690 g/mol. The number of imide groups is 2. The molecule has 2 heterocycles. The van der Waals surface area contributed by atoms with Crippen LogP contribution in [0.15, 0.2) is 82.9 Å². The van der Waals surface area contributed by atoms with Gasteiger partial charge in [0.15, 0.2) is 11.5 Å². The van der Waals surface area contributed by atoms with Gasteiger partial charge < -0.3 is 9.84 Å². The number of nitrogens with zero attached hydrogens (tertiary/aromatic N) is 2.